The quantitative estimate of drug-likeness (QED) is 0.881. The van der Waals surface area contributed by atoms with E-state index in [-0.39, 0.29) is 0 Å². The normalized spacial score (nSPS) is 12.0. The van der Waals surface area contributed by atoms with Crippen LogP contribution in [0.5, 0.6) is 5.75 Å². The number of nitrogens with one attached hydrogen (secondary N) is 1. The Morgan fingerprint density at radius 1 is 1.00 bits per heavy atom. The molecule has 0 fully saturated rings. The predicted octanol–water partition coefficient (Wildman–Crippen LogP) is 3.26. The number of hydrogen-bond acceptors (Lipinski definition) is 3. The Kier molecular flexibility index (Phi) is 5.23. The fourth-order valence-electron chi connectivity index (χ4n) is 2.39. The molecule has 0 spiro atoms. The van der Waals surface area contributed by atoms with E-state index in [1.54, 1.807) is 7.11 Å². The van der Waals surface area contributed by atoms with Gasteiger partial charge in [0, 0.05) is 25.8 Å². The molecule has 21 heavy (non-hydrogen) atoms. The highest BCUT2D eigenvalue weighted by molar-refractivity contribution is 5.46. The summed E-state index contributed by atoms with van der Waals surface area (Å²) in [7, 11) is 7.82. The second-order valence-corrected chi connectivity index (χ2v) is 5.38. The Morgan fingerprint density at radius 3 is 2.10 bits per heavy atom. The standard InChI is InChI=1S/C18H24N2O/c1-19-18(13-14-5-11-17(21-4)12-6-14)15-7-9-16(10-8-15)20(2)3/h5-12,18-19H,13H2,1-4H3/t18-/m1/s1. The van der Waals surface area contributed by atoms with Crippen molar-refractivity contribution in [3.63, 3.8) is 0 Å². The van der Waals surface area contributed by atoms with Gasteiger partial charge in [-0.1, -0.05) is 24.3 Å². The second kappa shape index (κ2) is 7.14. The van der Waals surface area contributed by atoms with E-state index in [0.29, 0.717) is 6.04 Å². The van der Waals surface area contributed by atoms with Gasteiger partial charge in [-0.15, -0.1) is 0 Å². The van der Waals surface area contributed by atoms with Gasteiger partial charge in [-0.2, -0.15) is 0 Å². The zero-order valence-electron chi connectivity index (χ0n) is 13.3. The summed E-state index contributed by atoms with van der Waals surface area (Å²) in [5, 5.41) is 3.40. The number of hydrogen-bond donors (Lipinski definition) is 1. The summed E-state index contributed by atoms with van der Waals surface area (Å²) in [6.45, 7) is 0. The van der Waals surface area contributed by atoms with E-state index < -0.39 is 0 Å². The second-order valence-electron chi connectivity index (χ2n) is 5.38. The van der Waals surface area contributed by atoms with E-state index in [1.807, 2.05) is 19.2 Å². The van der Waals surface area contributed by atoms with Crippen molar-refractivity contribution >= 4 is 5.69 Å². The summed E-state index contributed by atoms with van der Waals surface area (Å²) in [4.78, 5) is 2.11. The highest BCUT2D eigenvalue weighted by Gasteiger charge is 2.10. The summed E-state index contributed by atoms with van der Waals surface area (Å²) in [5.74, 6) is 0.898. The van der Waals surface area contributed by atoms with E-state index in [1.165, 1.54) is 16.8 Å². The van der Waals surface area contributed by atoms with Crippen molar-refractivity contribution in [3.05, 3.63) is 59.7 Å². The molecule has 1 N–H and O–H groups in total. The lowest BCUT2D eigenvalue weighted by molar-refractivity contribution is 0.414. The van der Waals surface area contributed by atoms with E-state index in [2.05, 4.69) is 60.7 Å². The first kappa shape index (κ1) is 15.4. The van der Waals surface area contributed by atoms with Crippen molar-refractivity contribution in [2.75, 3.05) is 33.2 Å². The summed E-state index contributed by atoms with van der Waals surface area (Å²) in [6, 6.07) is 17.3. The molecule has 0 aromatic heterocycles. The molecule has 0 aliphatic rings. The van der Waals surface area contributed by atoms with Crippen LogP contribution in [0.4, 0.5) is 5.69 Å². The van der Waals surface area contributed by atoms with Gasteiger partial charge < -0.3 is 15.0 Å². The van der Waals surface area contributed by atoms with Crippen molar-refractivity contribution < 1.29 is 4.74 Å². The first-order valence-corrected chi connectivity index (χ1v) is 7.21. The lowest BCUT2D eigenvalue weighted by atomic mass is 9.98. The SMILES string of the molecule is CN[C@H](Cc1ccc(OC)cc1)c1ccc(N(C)C)cc1. The molecule has 0 saturated heterocycles. The molecule has 0 heterocycles. The third-order valence-electron chi connectivity index (χ3n) is 3.76. The van der Waals surface area contributed by atoms with Gasteiger partial charge >= 0.3 is 0 Å². The topological polar surface area (TPSA) is 24.5 Å². The largest absolute Gasteiger partial charge is 0.497 e. The van der Waals surface area contributed by atoms with Crippen LogP contribution < -0.4 is 15.0 Å². The Labute approximate surface area is 127 Å². The minimum absolute atomic E-state index is 0.314. The molecule has 2 aromatic carbocycles. The number of nitrogens with zero attached hydrogens (tertiary/aromatic N) is 1. The van der Waals surface area contributed by atoms with Crippen LogP contribution in [0.1, 0.15) is 17.2 Å². The highest BCUT2D eigenvalue weighted by atomic mass is 16.5. The smallest absolute Gasteiger partial charge is 0.118 e. The van der Waals surface area contributed by atoms with Gasteiger partial charge in [-0.05, 0) is 48.9 Å². The molecule has 2 aromatic rings. The fraction of sp³-hybridized carbons (Fsp3) is 0.333. The molecule has 0 radical (unpaired) electrons. The Morgan fingerprint density at radius 2 is 1.62 bits per heavy atom. The van der Waals surface area contributed by atoms with Gasteiger partial charge in [0.2, 0.25) is 0 Å². The number of methoxy groups -OCH3 is 1. The van der Waals surface area contributed by atoms with E-state index in [9.17, 15) is 0 Å². The van der Waals surface area contributed by atoms with Crippen LogP contribution in [0.25, 0.3) is 0 Å². The maximum atomic E-state index is 5.20. The molecule has 0 unspecified atom stereocenters. The van der Waals surface area contributed by atoms with Crippen molar-refractivity contribution in [1.29, 1.82) is 0 Å². The van der Waals surface area contributed by atoms with Crippen molar-refractivity contribution in [3.8, 4) is 5.75 Å². The van der Waals surface area contributed by atoms with Gasteiger partial charge in [0.15, 0.2) is 0 Å². The summed E-state index contributed by atoms with van der Waals surface area (Å²) in [6.07, 6.45) is 0.960. The van der Waals surface area contributed by atoms with Gasteiger partial charge in [0.05, 0.1) is 7.11 Å². The van der Waals surface area contributed by atoms with Gasteiger partial charge in [-0.25, -0.2) is 0 Å². The van der Waals surface area contributed by atoms with Crippen molar-refractivity contribution in [2.45, 2.75) is 12.5 Å². The molecule has 0 saturated carbocycles. The van der Waals surface area contributed by atoms with Crippen molar-refractivity contribution in [1.82, 2.24) is 5.32 Å². The van der Waals surface area contributed by atoms with Gasteiger partial charge in [-0.3, -0.25) is 0 Å². The van der Waals surface area contributed by atoms with Gasteiger partial charge in [0.1, 0.15) is 5.75 Å². The molecule has 112 valence electrons. The molecule has 0 bridgehead atoms. The van der Waals surface area contributed by atoms with Crippen LogP contribution in [-0.4, -0.2) is 28.3 Å². The molecule has 3 heteroatoms. The average molecular weight is 284 g/mol. The fourth-order valence-corrected chi connectivity index (χ4v) is 2.39. The number of likely N-dealkylation sites (N-methyl/N-ethyl adjacent to an activating group) is 1. The zero-order valence-corrected chi connectivity index (χ0v) is 13.3. The third-order valence-corrected chi connectivity index (χ3v) is 3.76. The average Bonchev–Trinajstić information content (AvgIpc) is 2.53. The first-order chi connectivity index (χ1) is 10.1. The summed E-state index contributed by atoms with van der Waals surface area (Å²) in [5.41, 5.74) is 3.82. The Hall–Kier alpha value is -2.00. The van der Waals surface area contributed by atoms with Crippen LogP contribution in [0.3, 0.4) is 0 Å². The van der Waals surface area contributed by atoms with E-state index >= 15 is 0 Å². The van der Waals surface area contributed by atoms with Crippen LogP contribution in [0.2, 0.25) is 0 Å². The van der Waals surface area contributed by atoms with Crippen LogP contribution in [0, 0.1) is 0 Å². The predicted molar refractivity (Wildman–Crippen MR) is 89.3 cm³/mol. The lowest BCUT2D eigenvalue weighted by Crippen LogP contribution is -2.19. The summed E-state index contributed by atoms with van der Waals surface area (Å²) < 4.78 is 5.20. The zero-order chi connectivity index (χ0) is 15.2. The number of anilines is 1. The maximum absolute atomic E-state index is 5.20. The van der Waals surface area contributed by atoms with Crippen molar-refractivity contribution in [2.24, 2.45) is 0 Å². The van der Waals surface area contributed by atoms with Crippen LogP contribution >= 0.6 is 0 Å². The molecule has 2 rings (SSSR count). The van der Waals surface area contributed by atoms with E-state index in [0.717, 1.165) is 12.2 Å². The monoisotopic (exact) mass is 284 g/mol. The molecular weight excluding hydrogens is 260 g/mol. The Balaban J connectivity index is 2.11. The van der Waals surface area contributed by atoms with Crippen LogP contribution in [-0.2, 0) is 6.42 Å². The lowest BCUT2D eigenvalue weighted by Gasteiger charge is -2.19. The Bertz CT molecular complexity index is 546. The number of ether oxygens (including phenoxy) is 1. The first-order valence-electron chi connectivity index (χ1n) is 7.21. The molecule has 0 aliphatic heterocycles. The number of rotatable bonds is 6. The minimum atomic E-state index is 0.314. The molecule has 0 amide bonds. The summed E-state index contributed by atoms with van der Waals surface area (Å²) >= 11 is 0. The third kappa shape index (κ3) is 3.99. The highest BCUT2D eigenvalue weighted by Crippen LogP contribution is 2.22. The molecular formula is C18H24N2O. The molecule has 3 nitrogen and oxygen atoms in total. The van der Waals surface area contributed by atoms with Gasteiger partial charge in [0.25, 0.3) is 0 Å². The maximum Gasteiger partial charge on any atom is 0.118 e. The minimum Gasteiger partial charge on any atom is -0.497 e. The van der Waals surface area contributed by atoms with E-state index in [4.69, 9.17) is 4.74 Å². The van der Waals surface area contributed by atoms with Crippen LogP contribution in [0.15, 0.2) is 48.5 Å². The molecule has 1 atom stereocenters. The molecule has 0 aliphatic carbocycles. The number of benzene rings is 2.